The van der Waals surface area contributed by atoms with Crippen molar-refractivity contribution in [1.82, 2.24) is 15.6 Å². The van der Waals surface area contributed by atoms with Gasteiger partial charge in [0, 0.05) is 18.0 Å². The molecule has 1 aromatic heterocycles. The van der Waals surface area contributed by atoms with E-state index in [1.54, 1.807) is 18.4 Å². The van der Waals surface area contributed by atoms with Gasteiger partial charge in [-0.15, -0.1) is 35.3 Å². The van der Waals surface area contributed by atoms with Gasteiger partial charge in [-0.3, -0.25) is 0 Å². The van der Waals surface area contributed by atoms with Crippen molar-refractivity contribution in [1.29, 1.82) is 0 Å². The van der Waals surface area contributed by atoms with Crippen LogP contribution in [0, 0.1) is 13.8 Å². The third-order valence-corrected chi connectivity index (χ3v) is 5.19. The molecule has 0 aliphatic carbocycles. The topological polar surface area (TPSA) is 58.5 Å². The summed E-state index contributed by atoms with van der Waals surface area (Å²) in [7, 11) is 1.70. The third kappa shape index (κ3) is 8.47. The Balaban J connectivity index is 0.00000364. The van der Waals surface area contributed by atoms with Gasteiger partial charge in [-0.2, -0.15) is 0 Å². The second-order valence-electron chi connectivity index (χ2n) is 6.18. The number of rotatable bonds is 9. The van der Waals surface area contributed by atoms with Crippen molar-refractivity contribution >= 4 is 41.3 Å². The molecule has 0 aliphatic rings. The number of ether oxygens (including phenoxy) is 1. The molecule has 1 heterocycles. The van der Waals surface area contributed by atoms with Crippen molar-refractivity contribution in [3.8, 4) is 5.75 Å². The minimum absolute atomic E-state index is 0. The summed E-state index contributed by atoms with van der Waals surface area (Å²) in [5.74, 6) is 1.77. The molecule has 27 heavy (non-hydrogen) atoms. The van der Waals surface area contributed by atoms with E-state index in [2.05, 4.69) is 46.6 Å². The minimum Gasteiger partial charge on any atom is -0.497 e. The molecule has 5 nitrogen and oxygen atoms in total. The minimum atomic E-state index is 0. The average Bonchev–Trinajstić information content (AvgIpc) is 2.97. The fourth-order valence-electron chi connectivity index (χ4n) is 2.55. The van der Waals surface area contributed by atoms with Gasteiger partial charge in [-0.05, 0) is 57.7 Å². The molecule has 150 valence electrons. The summed E-state index contributed by atoms with van der Waals surface area (Å²) in [6, 6.07) is 8.31. The van der Waals surface area contributed by atoms with E-state index in [1.165, 1.54) is 10.4 Å². The van der Waals surface area contributed by atoms with Crippen LogP contribution in [0.15, 0.2) is 29.3 Å². The van der Waals surface area contributed by atoms with E-state index in [4.69, 9.17) is 4.74 Å². The fourth-order valence-corrected chi connectivity index (χ4v) is 3.41. The molecule has 2 rings (SSSR count). The van der Waals surface area contributed by atoms with E-state index in [9.17, 15) is 0 Å². The van der Waals surface area contributed by atoms with Crippen LogP contribution < -0.4 is 15.4 Å². The predicted octanol–water partition coefficient (Wildman–Crippen LogP) is 4.46. The molecule has 0 bridgehead atoms. The first-order valence-electron chi connectivity index (χ1n) is 9.20. The molecule has 0 aliphatic heterocycles. The molecule has 2 N–H and O–H groups in total. The second-order valence-corrected chi connectivity index (χ2v) is 7.46. The molecular formula is C20H31IN4OS. The quantitative estimate of drug-likeness (QED) is 0.230. The molecule has 7 heteroatoms. The fraction of sp³-hybridized carbons (Fsp3) is 0.500. The number of hydrogen-bond donors (Lipinski definition) is 2. The van der Waals surface area contributed by atoms with E-state index in [0.29, 0.717) is 6.54 Å². The molecule has 1 aromatic carbocycles. The van der Waals surface area contributed by atoms with Crippen LogP contribution in [-0.4, -0.2) is 31.1 Å². The van der Waals surface area contributed by atoms with Crippen LogP contribution in [0.2, 0.25) is 0 Å². The smallest absolute Gasteiger partial charge is 0.191 e. The van der Waals surface area contributed by atoms with Gasteiger partial charge in [-0.1, -0.05) is 12.1 Å². The monoisotopic (exact) mass is 502 g/mol. The van der Waals surface area contributed by atoms with Gasteiger partial charge in [0.2, 0.25) is 0 Å². The van der Waals surface area contributed by atoms with Crippen molar-refractivity contribution < 1.29 is 4.74 Å². The van der Waals surface area contributed by atoms with E-state index < -0.39 is 0 Å². The third-order valence-electron chi connectivity index (χ3n) is 4.13. The first-order chi connectivity index (χ1) is 12.6. The van der Waals surface area contributed by atoms with Crippen LogP contribution in [-0.2, 0) is 13.0 Å². The van der Waals surface area contributed by atoms with Gasteiger partial charge in [0.05, 0.1) is 19.3 Å². The largest absolute Gasteiger partial charge is 0.497 e. The van der Waals surface area contributed by atoms with E-state index in [1.807, 2.05) is 19.1 Å². The number of methoxy groups -OCH3 is 1. The first-order valence-corrected chi connectivity index (χ1v) is 10.0. The maximum absolute atomic E-state index is 5.19. The lowest BCUT2D eigenvalue weighted by atomic mass is 10.1. The number of aryl methyl sites for hydroxylation is 3. The zero-order valence-corrected chi connectivity index (χ0v) is 19.8. The Bertz CT molecular complexity index is 681. The van der Waals surface area contributed by atoms with Crippen molar-refractivity contribution in [2.24, 2.45) is 4.99 Å². The molecule has 0 fully saturated rings. The molecule has 0 unspecified atom stereocenters. The van der Waals surface area contributed by atoms with Crippen molar-refractivity contribution in [2.45, 2.75) is 46.6 Å². The maximum atomic E-state index is 5.19. The number of nitrogens with one attached hydrogen (secondary N) is 2. The summed E-state index contributed by atoms with van der Waals surface area (Å²) in [5.41, 5.74) is 2.46. The summed E-state index contributed by atoms with van der Waals surface area (Å²) in [6.45, 7) is 8.63. The summed E-state index contributed by atoms with van der Waals surface area (Å²) in [5, 5.41) is 7.78. The van der Waals surface area contributed by atoms with Gasteiger partial charge in [0.1, 0.15) is 10.8 Å². The summed E-state index contributed by atoms with van der Waals surface area (Å²) in [6.07, 6.45) is 3.33. The molecule has 0 amide bonds. The number of aliphatic imine (C=N–C) groups is 1. The number of unbranched alkanes of at least 4 members (excludes halogenated alkanes) is 1. The predicted molar refractivity (Wildman–Crippen MR) is 126 cm³/mol. The Morgan fingerprint density at radius 1 is 1.15 bits per heavy atom. The SMILES string of the molecule is CCNC(=NCc1nc(C)c(C)s1)NCCCCc1ccc(OC)cc1.I. The van der Waals surface area contributed by atoms with E-state index in [0.717, 1.165) is 54.8 Å². The number of benzene rings is 1. The van der Waals surface area contributed by atoms with Crippen LogP contribution >= 0.6 is 35.3 Å². The van der Waals surface area contributed by atoms with Gasteiger partial charge in [0.25, 0.3) is 0 Å². The standard InChI is InChI=1S/C20H30N4OS.HI/c1-5-21-20(23-14-19-24-15(2)16(3)26-19)22-13-7-6-8-17-9-11-18(25-4)12-10-17;/h9-12H,5-8,13-14H2,1-4H3,(H2,21,22,23);1H. The highest BCUT2D eigenvalue weighted by Crippen LogP contribution is 2.17. The first kappa shape index (κ1) is 23.7. The number of guanidine groups is 1. The number of nitrogens with zero attached hydrogens (tertiary/aromatic N) is 2. The summed E-state index contributed by atoms with van der Waals surface area (Å²) < 4.78 is 5.19. The molecule has 2 aromatic rings. The van der Waals surface area contributed by atoms with Crippen molar-refractivity contribution in [2.75, 3.05) is 20.2 Å². The van der Waals surface area contributed by atoms with Gasteiger partial charge >= 0.3 is 0 Å². The van der Waals surface area contributed by atoms with Crippen LogP contribution in [0.1, 0.15) is 40.9 Å². The molecule has 0 saturated heterocycles. The zero-order chi connectivity index (χ0) is 18.8. The van der Waals surface area contributed by atoms with E-state index >= 15 is 0 Å². The summed E-state index contributed by atoms with van der Waals surface area (Å²) >= 11 is 1.72. The highest BCUT2D eigenvalue weighted by Gasteiger charge is 2.04. The summed E-state index contributed by atoms with van der Waals surface area (Å²) in [4.78, 5) is 10.5. The molecule has 0 radical (unpaired) electrons. The van der Waals surface area contributed by atoms with Crippen LogP contribution in [0.5, 0.6) is 5.75 Å². The van der Waals surface area contributed by atoms with Gasteiger partial charge < -0.3 is 15.4 Å². The lowest BCUT2D eigenvalue weighted by Crippen LogP contribution is -2.37. The van der Waals surface area contributed by atoms with Gasteiger partial charge in [0.15, 0.2) is 5.96 Å². The second kappa shape index (κ2) is 12.9. The number of halogens is 1. The molecular weight excluding hydrogens is 471 g/mol. The Morgan fingerprint density at radius 2 is 1.89 bits per heavy atom. The Hall–Kier alpha value is -1.35. The molecule has 0 spiro atoms. The Kier molecular flexibility index (Phi) is 11.3. The van der Waals surface area contributed by atoms with Crippen LogP contribution in [0.3, 0.4) is 0 Å². The lowest BCUT2D eigenvalue weighted by Gasteiger charge is -2.11. The number of thiazole rings is 1. The van der Waals surface area contributed by atoms with Gasteiger partial charge in [-0.25, -0.2) is 9.98 Å². The lowest BCUT2D eigenvalue weighted by molar-refractivity contribution is 0.414. The van der Waals surface area contributed by atoms with Crippen molar-refractivity contribution in [3.63, 3.8) is 0 Å². The molecule has 0 atom stereocenters. The maximum Gasteiger partial charge on any atom is 0.191 e. The van der Waals surface area contributed by atoms with Crippen molar-refractivity contribution in [3.05, 3.63) is 45.4 Å². The van der Waals surface area contributed by atoms with E-state index in [-0.39, 0.29) is 24.0 Å². The number of hydrogen-bond acceptors (Lipinski definition) is 4. The van der Waals surface area contributed by atoms with Crippen LogP contribution in [0.25, 0.3) is 0 Å². The average molecular weight is 502 g/mol. The van der Waals surface area contributed by atoms with Crippen LogP contribution in [0.4, 0.5) is 0 Å². The normalized spacial score (nSPS) is 11.0. The number of aromatic nitrogens is 1. The highest BCUT2D eigenvalue weighted by molar-refractivity contribution is 14.0. The zero-order valence-electron chi connectivity index (χ0n) is 16.7. The highest BCUT2D eigenvalue weighted by atomic mass is 127. The Labute approximate surface area is 184 Å². The Morgan fingerprint density at radius 3 is 2.48 bits per heavy atom. The molecule has 0 saturated carbocycles.